The summed E-state index contributed by atoms with van der Waals surface area (Å²) in [5, 5.41) is 6.29. The predicted molar refractivity (Wildman–Crippen MR) is 136 cm³/mol. The molecule has 0 aromatic heterocycles. The first-order valence-corrected chi connectivity index (χ1v) is 12.1. The Hall–Kier alpha value is -3.62. The first-order valence-electron chi connectivity index (χ1n) is 10.7. The lowest BCUT2D eigenvalue weighted by atomic mass is 10.1. The zero-order chi connectivity index (χ0) is 23.0. The van der Waals surface area contributed by atoms with E-state index in [-0.39, 0.29) is 11.8 Å². The highest BCUT2D eigenvalue weighted by molar-refractivity contribution is 7.73. The minimum absolute atomic E-state index is 0.0232. The van der Waals surface area contributed by atoms with Crippen LogP contribution in [0.25, 0.3) is 0 Å². The molecule has 0 saturated heterocycles. The Labute approximate surface area is 196 Å². The molecule has 0 heterocycles. The van der Waals surface area contributed by atoms with Crippen LogP contribution in [0, 0.1) is 0 Å². The van der Waals surface area contributed by atoms with Crippen LogP contribution < -0.4 is 20.7 Å². The molecule has 0 bridgehead atoms. The Morgan fingerprint density at radius 3 is 1.76 bits per heavy atom. The van der Waals surface area contributed by atoms with Crippen LogP contribution in [-0.2, 0) is 4.74 Å². The van der Waals surface area contributed by atoms with Crippen molar-refractivity contribution in [3.63, 3.8) is 0 Å². The maximum atomic E-state index is 12.0. The van der Waals surface area contributed by atoms with Crippen molar-refractivity contribution < 1.29 is 14.3 Å². The number of nitrogens with one attached hydrogen (secondary N) is 1. The number of carbonyl (C=O) groups is 1. The average Bonchev–Trinajstić information content (AvgIpc) is 2.89. The molecule has 0 fully saturated rings. The third-order valence-electron chi connectivity index (χ3n) is 5.37. The van der Waals surface area contributed by atoms with Crippen LogP contribution in [0.3, 0.4) is 0 Å². The Bertz CT molecular complexity index is 1120. The Morgan fingerprint density at radius 2 is 1.27 bits per heavy atom. The third-order valence-corrected chi connectivity index (χ3v) is 8.02. The van der Waals surface area contributed by atoms with Crippen molar-refractivity contribution in [3.8, 4) is 5.75 Å². The minimum atomic E-state index is -0.813. The van der Waals surface area contributed by atoms with E-state index in [1.807, 2.05) is 60.7 Å². The summed E-state index contributed by atoms with van der Waals surface area (Å²) in [6.45, 7) is 0. The fraction of sp³-hybridized carbons (Fsp3) is 0.107. The van der Waals surface area contributed by atoms with E-state index < -0.39 is 7.92 Å². The summed E-state index contributed by atoms with van der Waals surface area (Å²) in [4.78, 5) is 12.0. The molecule has 4 rings (SSSR count). The number of ether oxygens (including phenoxy) is 2. The van der Waals surface area contributed by atoms with Gasteiger partial charge in [0, 0.05) is 5.69 Å². The lowest BCUT2D eigenvalue weighted by molar-refractivity contribution is 0.0600. The molecule has 0 amide bonds. The van der Waals surface area contributed by atoms with Crippen LogP contribution in [-0.4, -0.2) is 20.2 Å². The normalized spacial score (nSPS) is 11.6. The number of benzene rings is 4. The molecule has 4 aromatic carbocycles. The van der Waals surface area contributed by atoms with E-state index >= 15 is 0 Å². The highest BCUT2D eigenvalue weighted by Crippen LogP contribution is 2.49. The second-order valence-corrected chi connectivity index (χ2v) is 9.72. The molecule has 33 heavy (non-hydrogen) atoms. The van der Waals surface area contributed by atoms with Crippen LogP contribution in [0.2, 0.25) is 0 Å². The zero-order valence-corrected chi connectivity index (χ0v) is 19.5. The summed E-state index contributed by atoms with van der Waals surface area (Å²) < 4.78 is 10.2. The van der Waals surface area contributed by atoms with Gasteiger partial charge in [-0.1, -0.05) is 72.8 Å². The average molecular weight is 455 g/mol. The summed E-state index contributed by atoms with van der Waals surface area (Å²) >= 11 is 0. The van der Waals surface area contributed by atoms with Crippen LogP contribution >= 0.6 is 7.92 Å². The molecular weight excluding hydrogens is 429 g/mol. The Morgan fingerprint density at radius 1 is 0.727 bits per heavy atom. The molecule has 166 valence electrons. The van der Waals surface area contributed by atoms with E-state index in [4.69, 9.17) is 9.47 Å². The fourth-order valence-electron chi connectivity index (χ4n) is 3.69. The highest BCUT2D eigenvalue weighted by Gasteiger charge is 2.26. The van der Waals surface area contributed by atoms with E-state index in [2.05, 4.69) is 53.8 Å². The molecule has 0 spiro atoms. The summed E-state index contributed by atoms with van der Waals surface area (Å²) in [7, 11) is 2.25. The van der Waals surface area contributed by atoms with Gasteiger partial charge in [0.25, 0.3) is 0 Å². The molecular formula is C28H26NO3P. The Balaban J connectivity index is 1.80. The number of hydrogen-bond donors (Lipinski definition) is 1. The van der Waals surface area contributed by atoms with Gasteiger partial charge in [-0.15, -0.1) is 0 Å². The molecule has 0 aliphatic heterocycles. The van der Waals surface area contributed by atoms with Gasteiger partial charge in [-0.05, 0) is 60.5 Å². The van der Waals surface area contributed by atoms with Gasteiger partial charge in [-0.2, -0.15) is 0 Å². The van der Waals surface area contributed by atoms with Crippen molar-refractivity contribution in [2.75, 3.05) is 19.5 Å². The maximum absolute atomic E-state index is 12.0. The number of methoxy groups -OCH3 is 2. The molecule has 1 atom stereocenters. The van der Waals surface area contributed by atoms with Crippen LogP contribution in [0.1, 0.15) is 21.7 Å². The molecule has 0 saturated carbocycles. The van der Waals surface area contributed by atoms with Crippen molar-refractivity contribution in [1.82, 2.24) is 0 Å². The lowest BCUT2D eigenvalue weighted by Gasteiger charge is -2.31. The van der Waals surface area contributed by atoms with E-state index in [9.17, 15) is 4.79 Å². The number of carbonyl (C=O) groups excluding carboxylic acids is 1. The van der Waals surface area contributed by atoms with Crippen molar-refractivity contribution in [2.45, 2.75) is 5.78 Å². The van der Waals surface area contributed by atoms with Gasteiger partial charge in [-0.3, -0.25) is 0 Å². The topological polar surface area (TPSA) is 47.6 Å². The van der Waals surface area contributed by atoms with Crippen LogP contribution in [0.4, 0.5) is 5.69 Å². The van der Waals surface area contributed by atoms with Gasteiger partial charge < -0.3 is 14.8 Å². The van der Waals surface area contributed by atoms with E-state index in [1.165, 1.54) is 17.7 Å². The molecule has 0 aliphatic rings. The first kappa shape index (κ1) is 22.6. The second-order valence-electron chi connectivity index (χ2n) is 7.43. The molecule has 4 nitrogen and oxygen atoms in total. The van der Waals surface area contributed by atoms with E-state index in [0.29, 0.717) is 5.56 Å². The number of rotatable bonds is 8. The smallest absolute Gasteiger partial charge is 0.337 e. The zero-order valence-electron chi connectivity index (χ0n) is 18.6. The van der Waals surface area contributed by atoms with Gasteiger partial charge in [0.2, 0.25) is 0 Å². The van der Waals surface area contributed by atoms with Gasteiger partial charge in [-0.25, -0.2) is 4.79 Å². The molecule has 1 unspecified atom stereocenters. The number of hydrogen-bond acceptors (Lipinski definition) is 4. The Kier molecular flexibility index (Phi) is 7.39. The van der Waals surface area contributed by atoms with Gasteiger partial charge in [0.1, 0.15) is 5.75 Å². The minimum Gasteiger partial charge on any atom is -0.497 e. The van der Waals surface area contributed by atoms with Crippen molar-refractivity contribution in [1.29, 1.82) is 0 Å². The van der Waals surface area contributed by atoms with Crippen LogP contribution in [0.5, 0.6) is 5.75 Å². The maximum Gasteiger partial charge on any atom is 0.337 e. The SMILES string of the molecule is COC(=O)c1ccc(C(Nc2ccc(OC)cc2)P(c2ccccc2)c2ccccc2)cc1. The van der Waals surface area contributed by atoms with Crippen LogP contribution in [0.15, 0.2) is 109 Å². The predicted octanol–water partition coefficient (Wildman–Crippen LogP) is 5.73. The fourth-order valence-corrected chi connectivity index (χ4v) is 6.32. The van der Waals surface area contributed by atoms with Crippen molar-refractivity contribution >= 4 is 30.2 Å². The first-order chi connectivity index (χ1) is 16.2. The van der Waals surface area contributed by atoms with Gasteiger partial charge in [0.15, 0.2) is 0 Å². The quantitative estimate of drug-likeness (QED) is 0.273. The molecule has 4 aromatic rings. The van der Waals surface area contributed by atoms with Gasteiger partial charge in [0.05, 0.1) is 25.6 Å². The molecule has 5 heteroatoms. The molecule has 0 radical (unpaired) electrons. The highest BCUT2D eigenvalue weighted by atomic mass is 31.1. The van der Waals surface area contributed by atoms with Gasteiger partial charge >= 0.3 is 5.97 Å². The molecule has 1 N–H and O–H groups in total. The summed E-state index contributed by atoms with van der Waals surface area (Å²) in [6, 6.07) is 36.8. The van der Waals surface area contributed by atoms with Crippen molar-refractivity contribution in [3.05, 3.63) is 120 Å². The number of esters is 1. The molecule has 0 aliphatic carbocycles. The van der Waals surface area contributed by atoms with E-state index in [1.54, 1.807) is 7.11 Å². The monoisotopic (exact) mass is 455 g/mol. The summed E-state index contributed by atoms with van der Waals surface area (Å²) in [6.07, 6.45) is 0. The van der Waals surface area contributed by atoms with E-state index in [0.717, 1.165) is 17.0 Å². The second kappa shape index (κ2) is 10.8. The third kappa shape index (κ3) is 5.42. The number of anilines is 1. The standard InChI is InChI=1S/C28H26NO3P/c1-31-24-19-17-23(18-20-24)29-27(21-13-15-22(16-14-21)28(30)32-2)33(25-9-5-3-6-10-25)26-11-7-4-8-12-26/h3-20,27,29H,1-2H3. The van der Waals surface area contributed by atoms with Crippen molar-refractivity contribution in [2.24, 2.45) is 0 Å². The lowest BCUT2D eigenvalue weighted by Crippen LogP contribution is -2.22. The largest absolute Gasteiger partial charge is 0.497 e. The summed E-state index contributed by atoms with van der Waals surface area (Å²) in [5.41, 5.74) is 2.63. The summed E-state index contributed by atoms with van der Waals surface area (Å²) in [5.74, 6) is 0.451.